The van der Waals surface area contributed by atoms with E-state index in [1.807, 2.05) is 6.92 Å². The van der Waals surface area contributed by atoms with Crippen molar-refractivity contribution in [3.8, 4) is 0 Å². The van der Waals surface area contributed by atoms with Crippen LogP contribution in [0.15, 0.2) is 23.8 Å². The van der Waals surface area contributed by atoms with E-state index in [0.29, 0.717) is 5.57 Å². The standard InChI is InChI=1S/C20H32O3/c1-6-19(4)11-8-12-13(17(19)23)14(21)15(22)16-18(2,3)9-7-10-20(12,16)5/h6,14-17,21-23H,1,7-11H2,2-5H3/t14-,15+,16-,17+,19-,20+/m0/s1. The quantitative estimate of drug-likeness (QED) is 0.650. The largest absolute Gasteiger partial charge is 0.390 e. The predicted octanol–water partition coefficient (Wildman–Crippen LogP) is 3.20. The Morgan fingerprint density at radius 3 is 2.30 bits per heavy atom. The number of hydrogen-bond donors (Lipinski definition) is 3. The zero-order valence-electron chi connectivity index (χ0n) is 15.0. The van der Waals surface area contributed by atoms with E-state index in [4.69, 9.17) is 0 Å². The van der Waals surface area contributed by atoms with Gasteiger partial charge in [-0.15, -0.1) is 6.58 Å². The van der Waals surface area contributed by atoms with E-state index >= 15 is 0 Å². The van der Waals surface area contributed by atoms with Crippen molar-refractivity contribution >= 4 is 0 Å². The van der Waals surface area contributed by atoms with E-state index < -0.39 is 23.7 Å². The highest BCUT2D eigenvalue weighted by molar-refractivity contribution is 5.39. The highest BCUT2D eigenvalue weighted by Crippen LogP contribution is 2.62. The zero-order valence-corrected chi connectivity index (χ0v) is 15.0. The summed E-state index contributed by atoms with van der Waals surface area (Å²) < 4.78 is 0. The Morgan fingerprint density at radius 1 is 1.04 bits per heavy atom. The second kappa shape index (κ2) is 5.18. The van der Waals surface area contributed by atoms with Crippen molar-refractivity contribution in [2.24, 2.45) is 22.2 Å². The Kier molecular flexibility index (Phi) is 3.87. The lowest BCUT2D eigenvalue weighted by molar-refractivity contribution is -0.129. The average Bonchev–Trinajstić information content (AvgIpc) is 2.46. The Balaban J connectivity index is 2.17. The molecule has 0 aliphatic heterocycles. The molecule has 0 aromatic rings. The minimum atomic E-state index is -0.963. The van der Waals surface area contributed by atoms with Gasteiger partial charge in [-0.05, 0) is 42.1 Å². The van der Waals surface area contributed by atoms with Gasteiger partial charge < -0.3 is 15.3 Å². The molecule has 0 radical (unpaired) electrons. The highest BCUT2D eigenvalue weighted by Gasteiger charge is 2.59. The van der Waals surface area contributed by atoms with Gasteiger partial charge in [-0.2, -0.15) is 0 Å². The van der Waals surface area contributed by atoms with Crippen LogP contribution in [0.4, 0.5) is 0 Å². The van der Waals surface area contributed by atoms with E-state index in [1.54, 1.807) is 6.08 Å². The van der Waals surface area contributed by atoms with Crippen LogP contribution in [-0.4, -0.2) is 33.6 Å². The summed E-state index contributed by atoms with van der Waals surface area (Å²) in [5.74, 6) is 0.0396. The highest BCUT2D eigenvalue weighted by atomic mass is 16.3. The molecule has 0 bridgehead atoms. The fraction of sp³-hybridized carbons (Fsp3) is 0.800. The number of rotatable bonds is 1. The van der Waals surface area contributed by atoms with Crippen LogP contribution < -0.4 is 0 Å². The van der Waals surface area contributed by atoms with Crippen molar-refractivity contribution in [1.29, 1.82) is 0 Å². The van der Waals surface area contributed by atoms with E-state index in [-0.39, 0.29) is 16.7 Å². The van der Waals surface area contributed by atoms with Crippen molar-refractivity contribution in [2.75, 3.05) is 0 Å². The molecule has 0 spiro atoms. The first kappa shape index (κ1) is 17.2. The molecule has 3 N–H and O–H groups in total. The molecule has 3 aliphatic carbocycles. The van der Waals surface area contributed by atoms with Crippen LogP contribution in [0.1, 0.15) is 59.8 Å². The van der Waals surface area contributed by atoms with Gasteiger partial charge in [0.25, 0.3) is 0 Å². The van der Waals surface area contributed by atoms with Crippen LogP contribution in [0.5, 0.6) is 0 Å². The van der Waals surface area contributed by atoms with E-state index in [9.17, 15) is 15.3 Å². The lowest BCUT2D eigenvalue weighted by Crippen LogP contribution is -2.60. The van der Waals surface area contributed by atoms with Crippen LogP contribution >= 0.6 is 0 Å². The molecule has 3 aliphatic rings. The SMILES string of the molecule is C=C[C@@]1(C)CCC2=C([C@H]1O)[C@H](O)[C@@H](O)[C@H]1C(C)(C)CCC[C@]21C. The number of fused-ring (bicyclic) bond motifs is 2. The van der Waals surface area contributed by atoms with Gasteiger partial charge in [0.2, 0.25) is 0 Å². The van der Waals surface area contributed by atoms with Crippen LogP contribution in [0.3, 0.4) is 0 Å². The Hall–Kier alpha value is -0.640. The lowest BCUT2D eigenvalue weighted by atomic mass is 9.46. The molecule has 0 unspecified atom stereocenters. The van der Waals surface area contributed by atoms with Crippen LogP contribution in [-0.2, 0) is 0 Å². The van der Waals surface area contributed by atoms with Gasteiger partial charge in [-0.1, -0.05) is 45.8 Å². The second-order valence-corrected chi connectivity index (χ2v) is 9.22. The van der Waals surface area contributed by atoms with E-state index in [0.717, 1.165) is 32.1 Å². The van der Waals surface area contributed by atoms with E-state index in [2.05, 4.69) is 27.4 Å². The third-order valence-corrected chi connectivity index (χ3v) is 7.37. The fourth-order valence-electron chi connectivity index (χ4n) is 5.99. The minimum absolute atomic E-state index is 0.00390. The molecule has 3 heteroatoms. The number of aliphatic hydroxyl groups excluding tert-OH is 3. The maximum atomic E-state index is 11.0. The van der Waals surface area contributed by atoms with E-state index in [1.165, 1.54) is 5.57 Å². The van der Waals surface area contributed by atoms with Gasteiger partial charge in [-0.25, -0.2) is 0 Å². The fourth-order valence-corrected chi connectivity index (χ4v) is 5.99. The normalized spacial score (nSPS) is 49.3. The van der Waals surface area contributed by atoms with Crippen LogP contribution in [0, 0.1) is 22.2 Å². The van der Waals surface area contributed by atoms with Crippen molar-refractivity contribution < 1.29 is 15.3 Å². The minimum Gasteiger partial charge on any atom is -0.390 e. The summed E-state index contributed by atoms with van der Waals surface area (Å²) >= 11 is 0. The third kappa shape index (κ3) is 2.20. The summed E-state index contributed by atoms with van der Waals surface area (Å²) in [7, 11) is 0. The molecule has 3 rings (SSSR count). The smallest absolute Gasteiger partial charge is 0.104 e. The molecule has 0 aromatic carbocycles. The Bertz CT molecular complexity index is 549. The predicted molar refractivity (Wildman–Crippen MR) is 91.8 cm³/mol. The van der Waals surface area contributed by atoms with Gasteiger partial charge in [0.05, 0.1) is 12.2 Å². The second-order valence-electron chi connectivity index (χ2n) is 9.22. The number of hydrogen-bond acceptors (Lipinski definition) is 3. The first-order valence-corrected chi connectivity index (χ1v) is 9.00. The van der Waals surface area contributed by atoms with Crippen molar-refractivity contribution in [1.82, 2.24) is 0 Å². The molecule has 0 heterocycles. The monoisotopic (exact) mass is 320 g/mol. The topological polar surface area (TPSA) is 60.7 Å². The summed E-state index contributed by atoms with van der Waals surface area (Å²) in [6.07, 6.45) is 4.24. The molecule has 1 saturated carbocycles. The molecule has 6 atom stereocenters. The van der Waals surface area contributed by atoms with Crippen molar-refractivity contribution in [2.45, 2.75) is 78.1 Å². The summed E-state index contributed by atoms with van der Waals surface area (Å²) in [5.41, 5.74) is 1.34. The summed E-state index contributed by atoms with van der Waals surface area (Å²) in [6.45, 7) is 12.5. The molecule has 0 saturated heterocycles. The van der Waals surface area contributed by atoms with Gasteiger partial charge in [0.15, 0.2) is 0 Å². The van der Waals surface area contributed by atoms with Crippen molar-refractivity contribution in [3.05, 3.63) is 23.8 Å². The summed E-state index contributed by atoms with van der Waals surface area (Å²) in [4.78, 5) is 0. The summed E-state index contributed by atoms with van der Waals surface area (Å²) in [5, 5.41) is 32.8. The zero-order chi connectivity index (χ0) is 17.2. The molecule has 1 fully saturated rings. The third-order valence-electron chi connectivity index (χ3n) is 7.37. The van der Waals surface area contributed by atoms with Crippen LogP contribution in [0.25, 0.3) is 0 Å². The number of aliphatic hydroxyl groups is 3. The molecular weight excluding hydrogens is 288 g/mol. The molecule has 0 aromatic heterocycles. The first-order chi connectivity index (χ1) is 10.6. The molecule has 130 valence electrons. The summed E-state index contributed by atoms with van der Waals surface area (Å²) in [6, 6.07) is 0. The van der Waals surface area contributed by atoms with Crippen molar-refractivity contribution in [3.63, 3.8) is 0 Å². The average molecular weight is 320 g/mol. The van der Waals surface area contributed by atoms with Gasteiger partial charge in [0.1, 0.15) is 6.10 Å². The molecular formula is C20H32O3. The van der Waals surface area contributed by atoms with Gasteiger partial charge in [-0.3, -0.25) is 0 Å². The lowest BCUT2D eigenvalue weighted by Gasteiger charge is -2.60. The Morgan fingerprint density at radius 2 is 1.70 bits per heavy atom. The molecule has 3 nitrogen and oxygen atoms in total. The number of allylic oxidation sites excluding steroid dienone is 1. The Labute approximate surface area is 140 Å². The molecule has 0 amide bonds. The van der Waals surface area contributed by atoms with Crippen LogP contribution in [0.2, 0.25) is 0 Å². The maximum Gasteiger partial charge on any atom is 0.104 e. The first-order valence-electron chi connectivity index (χ1n) is 9.00. The maximum absolute atomic E-state index is 11.0. The van der Waals surface area contributed by atoms with Gasteiger partial charge >= 0.3 is 0 Å². The molecule has 23 heavy (non-hydrogen) atoms. The van der Waals surface area contributed by atoms with Gasteiger partial charge in [0, 0.05) is 11.3 Å².